The third kappa shape index (κ3) is 3.80. The minimum Gasteiger partial charge on any atom is -0.120 e. The van der Waals surface area contributed by atoms with Gasteiger partial charge in [-0.3, -0.25) is 0 Å². The first kappa shape index (κ1) is 12.0. The van der Waals surface area contributed by atoms with Gasteiger partial charge in [-0.25, -0.2) is 0 Å². The van der Waals surface area contributed by atoms with E-state index in [4.69, 9.17) is 23.2 Å². The first-order chi connectivity index (χ1) is 8.24. The van der Waals surface area contributed by atoms with E-state index in [9.17, 15) is 0 Å². The van der Waals surface area contributed by atoms with Crippen LogP contribution in [0.15, 0.2) is 54.3 Å². The largest absolute Gasteiger partial charge is 0.120 e. The highest BCUT2D eigenvalue weighted by Crippen LogP contribution is 2.19. The molecule has 2 heteroatoms. The van der Waals surface area contributed by atoms with Crippen LogP contribution < -0.4 is 0 Å². The van der Waals surface area contributed by atoms with Crippen molar-refractivity contribution in [2.45, 2.75) is 0 Å². The summed E-state index contributed by atoms with van der Waals surface area (Å²) in [6.45, 7) is 0. The van der Waals surface area contributed by atoms with E-state index in [2.05, 4.69) is 5.73 Å². The zero-order valence-corrected chi connectivity index (χ0v) is 10.5. The molecule has 2 aromatic carbocycles. The predicted octanol–water partition coefficient (Wildman–Crippen LogP) is 5.32. The molecule has 0 aliphatic heterocycles. The maximum atomic E-state index is 5.90. The van der Waals surface area contributed by atoms with E-state index in [-0.39, 0.29) is 0 Å². The van der Waals surface area contributed by atoms with Crippen LogP contribution in [0, 0.1) is 0 Å². The lowest BCUT2D eigenvalue weighted by Crippen LogP contribution is -1.72. The molecule has 2 aromatic rings. The van der Waals surface area contributed by atoms with Crippen molar-refractivity contribution in [1.82, 2.24) is 0 Å². The van der Waals surface area contributed by atoms with Crippen LogP contribution in [0.3, 0.4) is 0 Å². The minimum atomic E-state index is 0.630. The molecule has 0 amide bonds. The topological polar surface area (TPSA) is 0 Å². The second kappa shape index (κ2) is 5.75. The molecule has 0 saturated heterocycles. The minimum absolute atomic E-state index is 0.630. The number of halogens is 2. The van der Waals surface area contributed by atoms with Crippen LogP contribution >= 0.6 is 23.2 Å². The van der Waals surface area contributed by atoms with Crippen molar-refractivity contribution in [3.05, 3.63) is 75.4 Å². The summed E-state index contributed by atoms with van der Waals surface area (Å²) < 4.78 is 0. The normalized spacial score (nSPS) is 9.53. The fourth-order valence-corrected chi connectivity index (χ4v) is 1.98. The Morgan fingerprint density at radius 1 is 0.765 bits per heavy atom. The van der Waals surface area contributed by atoms with Crippen molar-refractivity contribution >= 4 is 35.4 Å². The zero-order chi connectivity index (χ0) is 12.1. The van der Waals surface area contributed by atoms with E-state index in [1.807, 2.05) is 54.6 Å². The lowest BCUT2D eigenvalue weighted by atomic mass is 10.2. The Morgan fingerprint density at radius 2 is 1.35 bits per heavy atom. The molecule has 0 nitrogen and oxygen atoms in total. The molecule has 0 fully saturated rings. The van der Waals surface area contributed by atoms with Crippen LogP contribution in [0.1, 0.15) is 11.1 Å². The second-order valence-corrected chi connectivity index (χ2v) is 4.44. The van der Waals surface area contributed by atoms with E-state index in [0.717, 1.165) is 11.1 Å². The maximum Gasteiger partial charge on any atom is 0.0426 e. The molecule has 0 aliphatic rings. The summed E-state index contributed by atoms with van der Waals surface area (Å²) >= 11 is 11.8. The summed E-state index contributed by atoms with van der Waals surface area (Å²) in [4.78, 5) is 0. The van der Waals surface area contributed by atoms with Crippen molar-refractivity contribution in [1.29, 1.82) is 0 Å². The Kier molecular flexibility index (Phi) is 4.06. The molecular weight excluding hydrogens is 251 g/mol. The molecule has 84 valence electrons. The van der Waals surface area contributed by atoms with Crippen LogP contribution in [-0.2, 0) is 0 Å². The van der Waals surface area contributed by atoms with E-state index in [0.29, 0.717) is 10.0 Å². The van der Waals surface area contributed by atoms with Gasteiger partial charge in [-0.1, -0.05) is 53.5 Å². The van der Waals surface area contributed by atoms with Crippen LogP contribution in [-0.4, -0.2) is 0 Å². The summed E-state index contributed by atoms with van der Waals surface area (Å²) in [6, 6.07) is 15.4. The molecule has 17 heavy (non-hydrogen) atoms. The summed E-state index contributed by atoms with van der Waals surface area (Å²) in [7, 11) is 0. The number of hydrogen-bond acceptors (Lipinski definition) is 0. The number of rotatable bonds is 2. The van der Waals surface area contributed by atoms with Gasteiger partial charge in [0.1, 0.15) is 0 Å². The smallest absolute Gasteiger partial charge is 0.0426 e. The van der Waals surface area contributed by atoms with Crippen LogP contribution in [0.25, 0.3) is 12.2 Å². The predicted molar refractivity (Wildman–Crippen MR) is 75.3 cm³/mol. The highest BCUT2D eigenvalue weighted by Gasteiger charge is 1.93. The molecule has 0 aliphatic carbocycles. The molecular formula is C15H10Cl2. The fourth-order valence-electron chi connectivity index (χ4n) is 1.44. The van der Waals surface area contributed by atoms with Crippen molar-refractivity contribution in [3.8, 4) is 0 Å². The van der Waals surface area contributed by atoms with E-state index < -0.39 is 0 Å². The Morgan fingerprint density at radius 3 is 2.00 bits per heavy atom. The van der Waals surface area contributed by atoms with Gasteiger partial charge in [-0.15, -0.1) is 5.73 Å². The van der Waals surface area contributed by atoms with E-state index in [1.54, 1.807) is 6.07 Å². The lowest BCUT2D eigenvalue weighted by molar-refractivity contribution is 1.65. The molecule has 0 radical (unpaired) electrons. The standard InChI is InChI=1S/C15H10Cl2/c16-14-9-13(10-15(17)11-14)8-4-7-12-5-2-1-3-6-12/h1-3,5-11H. The number of benzene rings is 2. The van der Waals surface area contributed by atoms with Crippen LogP contribution in [0.2, 0.25) is 10.0 Å². The van der Waals surface area contributed by atoms with Gasteiger partial charge in [0.15, 0.2) is 0 Å². The maximum absolute atomic E-state index is 5.90. The highest BCUT2D eigenvalue weighted by molar-refractivity contribution is 6.34. The molecule has 0 unspecified atom stereocenters. The third-order valence-corrected chi connectivity index (χ3v) is 2.62. The van der Waals surface area contributed by atoms with Gasteiger partial charge in [0.25, 0.3) is 0 Å². The van der Waals surface area contributed by atoms with Gasteiger partial charge >= 0.3 is 0 Å². The van der Waals surface area contributed by atoms with Crippen molar-refractivity contribution in [3.63, 3.8) is 0 Å². The number of hydrogen-bond donors (Lipinski definition) is 0. The molecule has 0 bridgehead atoms. The van der Waals surface area contributed by atoms with E-state index in [1.165, 1.54) is 0 Å². The summed E-state index contributed by atoms with van der Waals surface area (Å²) in [5.41, 5.74) is 5.15. The zero-order valence-electron chi connectivity index (χ0n) is 9.03. The Labute approximate surface area is 111 Å². The Balaban J connectivity index is 2.23. The van der Waals surface area contributed by atoms with Gasteiger partial charge < -0.3 is 0 Å². The van der Waals surface area contributed by atoms with Gasteiger partial charge in [0, 0.05) is 10.0 Å². The average Bonchev–Trinajstić information content (AvgIpc) is 2.29. The molecule has 0 heterocycles. The van der Waals surface area contributed by atoms with E-state index >= 15 is 0 Å². The second-order valence-electron chi connectivity index (χ2n) is 3.57. The average molecular weight is 261 g/mol. The fraction of sp³-hybridized carbons (Fsp3) is 0. The van der Waals surface area contributed by atoms with Crippen molar-refractivity contribution in [2.24, 2.45) is 0 Å². The summed E-state index contributed by atoms with van der Waals surface area (Å²) in [5, 5.41) is 1.26. The van der Waals surface area contributed by atoms with Crippen molar-refractivity contribution < 1.29 is 0 Å². The third-order valence-electron chi connectivity index (χ3n) is 2.18. The Bertz CT molecular complexity index is 544. The Hall–Kier alpha value is -1.46. The summed E-state index contributed by atoms with van der Waals surface area (Å²) in [5.74, 6) is 0. The first-order valence-electron chi connectivity index (χ1n) is 5.18. The molecule has 0 N–H and O–H groups in total. The van der Waals surface area contributed by atoms with Gasteiger partial charge in [-0.2, -0.15) is 0 Å². The first-order valence-corrected chi connectivity index (χ1v) is 5.93. The highest BCUT2D eigenvalue weighted by atomic mass is 35.5. The monoisotopic (exact) mass is 260 g/mol. The molecule has 0 atom stereocenters. The summed E-state index contributed by atoms with van der Waals surface area (Å²) in [6.07, 6.45) is 3.76. The van der Waals surface area contributed by atoms with Gasteiger partial charge in [0.05, 0.1) is 0 Å². The van der Waals surface area contributed by atoms with Crippen molar-refractivity contribution in [2.75, 3.05) is 0 Å². The molecule has 2 rings (SSSR count). The SMILES string of the molecule is Clc1cc(Cl)cc(C=C=Cc2ccccc2)c1. The molecule has 0 spiro atoms. The van der Waals surface area contributed by atoms with Gasteiger partial charge in [-0.05, 0) is 41.5 Å². The quantitative estimate of drug-likeness (QED) is 0.642. The van der Waals surface area contributed by atoms with Crippen LogP contribution in [0.4, 0.5) is 0 Å². The van der Waals surface area contributed by atoms with Gasteiger partial charge in [0.2, 0.25) is 0 Å². The lowest BCUT2D eigenvalue weighted by Gasteiger charge is -1.95. The molecule has 0 saturated carbocycles. The van der Waals surface area contributed by atoms with Crippen LogP contribution in [0.5, 0.6) is 0 Å². The molecule has 0 aromatic heterocycles.